The summed E-state index contributed by atoms with van der Waals surface area (Å²) in [5, 5.41) is 3.11. The average molecular weight is 376 g/mol. The number of hydrogen-bond acceptors (Lipinski definition) is 6. The first-order chi connectivity index (χ1) is 13.7. The third kappa shape index (κ3) is 3.34. The molecule has 142 valence electrons. The number of hydrogen-bond donors (Lipinski definition) is 1. The fraction of sp³-hybridized carbons (Fsp3) is 0.190. The van der Waals surface area contributed by atoms with Crippen molar-refractivity contribution in [3.05, 3.63) is 66.0 Å². The highest BCUT2D eigenvalue weighted by Gasteiger charge is 2.26. The van der Waals surface area contributed by atoms with Crippen LogP contribution in [-0.4, -0.2) is 36.6 Å². The molecule has 28 heavy (non-hydrogen) atoms. The highest BCUT2D eigenvalue weighted by Crippen LogP contribution is 2.31. The molecule has 2 aromatic carbocycles. The van der Waals surface area contributed by atoms with Crippen molar-refractivity contribution in [3.8, 4) is 11.5 Å². The molecule has 7 heteroatoms. The first-order valence-corrected chi connectivity index (χ1v) is 8.91. The van der Waals surface area contributed by atoms with Gasteiger partial charge in [0.15, 0.2) is 11.5 Å². The van der Waals surface area contributed by atoms with Crippen molar-refractivity contribution in [3.63, 3.8) is 0 Å². The molecule has 3 aromatic rings. The van der Waals surface area contributed by atoms with Gasteiger partial charge in [-0.3, -0.25) is 4.79 Å². The Morgan fingerprint density at radius 2 is 1.89 bits per heavy atom. The van der Waals surface area contributed by atoms with Crippen molar-refractivity contribution in [1.29, 1.82) is 0 Å². The lowest BCUT2D eigenvalue weighted by Gasteiger charge is -2.17. The summed E-state index contributed by atoms with van der Waals surface area (Å²) in [6.07, 6.45) is 2.43. The summed E-state index contributed by atoms with van der Waals surface area (Å²) in [5.41, 5.74) is 3.19. The van der Waals surface area contributed by atoms with Crippen LogP contribution in [0, 0.1) is 0 Å². The van der Waals surface area contributed by atoms with E-state index in [2.05, 4.69) is 15.3 Å². The largest absolute Gasteiger partial charge is 0.493 e. The highest BCUT2D eigenvalue weighted by atomic mass is 16.5. The maximum absolute atomic E-state index is 13.0. The summed E-state index contributed by atoms with van der Waals surface area (Å²) in [5.74, 6) is 1.42. The van der Waals surface area contributed by atoms with E-state index in [0.29, 0.717) is 29.7 Å². The summed E-state index contributed by atoms with van der Waals surface area (Å²) < 4.78 is 10.6. The second-order valence-corrected chi connectivity index (χ2v) is 6.30. The van der Waals surface area contributed by atoms with Gasteiger partial charge in [0.05, 0.1) is 14.2 Å². The number of para-hydroxylation sites is 1. The predicted molar refractivity (Wildman–Crippen MR) is 107 cm³/mol. The monoisotopic (exact) mass is 376 g/mol. The lowest BCUT2D eigenvalue weighted by Crippen LogP contribution is -2.29. The molecule has 0 fully saturated rings. The van der Waals surface area contributed by atoms with E-state index in [-0.39, 0.29) is 5.91 Å². The summed E-state index contributed by atoms with van der Waals surface area (Å²) in [4.78, 5) is 23.4. The molecule has 0 spiro atoms. The Bertz CT molecular complexity index is 1020. The summed E-state index contributed by atoms with van der Waals surface area (Å²) in [6.45, 7) is 0.653. The maximum atomic E-state index is 13.0. The fourth-order valence-electron chi connectivity index (χ4n) is 3.27. The van der Waals surface area contributed by atoms with Crippen LogP contribution in [0.3, 0.4) is 0 Å². The first-order valence-electron chi connectivity index (χ1n) is 8.91. The molecule has 2 heterocycles. The maximum Gasteiger partial charge on any atom is 0.277 e. The normalized spacial score (nSPS) is 12.4. The number of carbonyl (C=O) groups excluding carboxylic acids is 1. The van der Waals surface area contributed by atoms with Gasteiger partial charge in [-0.1, -0.05) is 18.2 Å². The topological polar surface area (TPSA) is 76.6 Å². The zero-order valence-corrected chi connectivity index (χ0v) is 15.7. The third-order valence-electron chi connectivity index (χ3n) is 4.65. The Kier molecular flexibility index (Phi) is 4.80. The van der Waals surface area contributed by atoms with Crippen LogP contribution in [0.5, 0.6) is 11.5 Å². The molecule has 0 saturated heterocycles. The molecule has 1 aliphatic heterocycles. The van der Waals surface area contributed by atoms with Crippen molar-refractivity contribution in [2.75, 3.05) is 31.0 Å². The number of aromatic nitrogens is 2. The number of anilines is 3. The van der Waals surface area contributed by atoms with E-state index in [1.54, 1.807) is 43.5 Å². The van der Waals surface area contributed by atoms with E-state index in [4.69, 9.17) is 9.47 Å². The van der Waals surface area contributed by atoms with Crippen LogP contribution in [0.1, 0.15) is 16.1 Å². The van der Waals surface area contributed by atoms with Gasteiger partial charge in [0.1, 0.15) is 5.69 Å². The van der Waals surface area contributed by atoms with E-state index in [0.717, 1.165) is 17.8 Å². The number of nitrogens with zero attached hydrogens (tertiary/aromatic N) is 3. The number of ether oxygens (including phenoxy) is 2. The van der Waals surface area contributed by atoms with Crippen molar-refractivity contribution in [2.24, 2.45) is 0 Å². The van der Waals surface area contributed by atoms with Crippen molar-refractivity contribution >= 4 is 23.2 Å². The SMILES string of the molecule is COc1ccc(Nc2nccc(C(=O)N3CCc4ccccc43)n2)cc1OC. The van der Waals surface area contributed by atoms with Crippen LogP contribution in [0.4, 0.5) is 17.3 Å². The van der Waals surface area contributed by atoms with Gasteiger partial charge in [0, 0.05) is 30.2 Å². The van der Waals surface area contributed by atoms with Gasteiger partial charge in [0.2, 0.25) is 5.95 Å². The molecule has 0 radical (unpaired) electrons. The van der Waals surface area contributed by atoms with Crippen molar-refractivity contribution in [1.82, 2.24) is 9.97 Å². The number of amides is 1. The molecule has 0 atom stereocenters. The molecule has 1 N–H and O–H groups in total. The van der Waals surface area contributed by atoms with Crippen LogP contribution in [0.2, 0.25) is 0 Å². The lowest BCUT2D eigenvalue weighted by atomic mass is 10.2. The van der Waals surface area contributed by atoms with Gasteiger partial charge < -0.3 is 19.7 Å². The Hall–Kier alpha value is -3.61. The zero-order valence-electron chi connectivity index (χ0n) is 15.7. The smallest absolute Gasteiger partial charge is 0.277 e. The Labute approximate surface area is 163 Å². The fourth-order valence-corrected chi connectivity index (χ4v) is 3.27. The van der Waals surface area contributed by atoms with Crippen LogP contribution in [0.15, 0.2) is 54.7 Å². The van der Waals surface area contributed by atoms with E-state index < -0.39 is 0 Å². The van der Waals surface area contributed by atoms with Gasteiger partial charge in [-0.2, -0.15) is 0 Å². The standard InChI is InChI=1S/C21H20N4O3/c1-27-18-8-7-15(13-19(18)28-2)23-21-22-11-9-16(24-21)20(26)25-12-10-14-5-3-4-6-17(14)25/h3-9,11,13H,10,12H2,1-2H3,(H,22,23,24). The number of benzene rings is 2. The molecule has 4 rings (SSSR count). The number of rotatable bonds is 5. The Morgan fingerprint density at radius 1 is 1.07 bits per heavy atom. The molecule has 0 aliphatic carbocycles. The number of methoxy groups -OCH3 is 2. The van der Waals surface area contributed by atoms with Gasteiger partial charge in [-0.15, -0.1) is 0 Å². The molecule has 0 saturated carbocycles. The van der Waals surface area contributed by atoms with Crippen LogP contribution < -0.4 is 19.7 Å². The lowest BCUT2D eigenvalue weighted by molar-refractivity contribution is 0.0984. The third-order valence-corrected chi connectivity index (χ3v) is 4.65. The van der Waals surface area contributed by atoms with Crippen molar-refractivity contribution < 1.29 is 14.3 Å². The first kappa shape index (κ1) is 17.8. The van der Waals surface area contributed by atoms with Crippen LogP contribution in [0.25, 0.3) is 0 Å². The quantitative estimate of drug-likeness (QED) is 0.735. The molecule has 1 aliphatic rings. The van der Waals surface area contributed by atoms with E-state index in [1.165, 1.54) is 5.56 Å². The summed E-state index contributed by atoms with van der Waals surface area (Å²) in [6, 6.07) is 15.0. The number of fused-ring (bicyclic) bond motifs is 1. The number of carbonyl (C=O) groups is 1. The van der Waals surface area contributed by atoms with Gasteiger partial charge >= 0.3 is 0 Å². The van der Waals surface area contributed by atoms with Gasteiger partial charge in [-0.05, 0) is 36.2 Å². The molecule has 1 aromatic heterocycles. The molecule has 1 amide bonds. The number of nitrogens with one attached hydrogen (secondary N) is 1. The van der Waals surface area contributed by atoms with Gasteiger partial charge in [0.25, 0.3) is 5.91 Å². The van der Waals surface area contributed by atoms with Crippen LogP contribution >= 0.6 is 0 Å². The second-order valence-electron chi connectivity index (χ2n) is 6.30. The zero-order chi connectivity index (χ0) is 19.5. The summed E-state index contributed by atoms with van der Waals surface area (Å²) >= 11 is 0. The molecule has 0 unspecified atom stereocenters. The minimum Gasteiger partial charge on any atom is -0.493 e. The van der Waals surface area contributed by atoms with E-state index in [1.807, 2.05) is 30.3 Å². The molecule has 7 nitrogen and oxygen atoms in total. The summed E-state index contributed by atoms with van der Waals surface area (Å²) in [7, 11) is 3.16. The molecule has 0 bridgehead atoms. The minimum absolute atomic E-state index is 0.136. The Morgan fingerprint density at radius 3 is 2.71 bits per heavy atom. The minimum atomic E-state index is -0.136. The van der Waals surface area contributed by atoms with Crippen LogP contribution in [-0.2, 0) is 6.42 Å². The highest BCUT2D eigenvalue weighted by molar-refractivity contribution is 6.06. The predicted octanol–water partition coefficient (Wildman–Crippen LogP) is 3.44. The average Bonchev–Trinajstić information content (AvgIpc) is 3.17. The second kappa shape index (κ2) is 7.56. The van der Waals surface area contributed by atoms with Crippen molar-refractivity contribution in [2.45, 2.75) is 6.42 Å². The molecular weight excluding hydrogens is 356 g/mol. The van der Waals surface area contributed by atoms with Gasteiger partial charge in [-0.25, -0.2) is 9.97 Å². The molecular formula is C21H20N4O3. The van der Waals surface area contributed by atoms with E-state index in [9.17, 15) is 4.79 Å². The van der Waals surface area contributed by atoms with E-state index >= 15 is 0 Å². The Balaban J connectivity index is 1.56.